The Hall–Kier alpha value is -2.34. The van der Waals surface area contributed by atoms with Gasteiger partial charge in [0.25, 0.3) is 0 Å². The maximum Gasteiger partial charge on any atom is 0.335 e. The molecule has 1 amide bonds. The second-order valence-electron chi connectivity index (χ2n) is 5.69. The zero-order chi connectivity index (χ0) is 17.1. The highest BCUT2D eigenvalue weighted by atomic mass is 79.9. The van der Waals surface area contributed by atoms with Crippen molar-refractivity contribution in [2.45, 2.75) is 6.42 Å². The van der Waals surface area contributed by atoms with Gasteiger partial charge in [-0.15, -0.1) is 0 Å². The third kappa shape index (κ3) is 3.76. The van der Waals surface area contributed by atoms with Gasteiger partial charge in [-0.25, -0.2) is 4.79 Å². The molecular formula is C18H16BrNO4. The normalized spacial score (nSPS) is 17.1. The van der Waals surface area contributed by atoms with Gasteiger partial charge >= 0.3 is 5.97 Å². The highest BCUT2D eigenvalue weighted by molar-refractivity contribution is 9.10. The summed E-state index contributed by atoms with van der Waals surface area (Å²) in [6, 6.07) is 13.9. The first-order valence-corrected chi connectivity index (χ1v) is 8.34. The van der Waals surface area contributed by atoms with E-state index in [0.717, 1.165) is 10.2 Å². The van der Waals surface area contributed by atoms with Crippen molar-refractivity contribution in [2.75, 3.05) is 18.1 Å². The molecule has 0 spiro atoms. The molecule has 2 aromatic carbocycles. The SMILES string of the molecule is O=C(O)c1ccc(OCC2CC(=O)N(c3ccc(Br)cc3)C2)cc1. The standard InChI is InChI=1S/C18H16BrNO4/c19-14-3-5-15(6-4-14)20-10-12(9-17(20)21)11-24-16-7-1-13(2-8-16)18(22)23/h1-8,12H,9-11H2,(H,22,23). The van der Waals surface area contributed by atoms with E-state index in [0.29, 0.717) is 25.3 Å². The van der Waals surface area contributed by atoms with E-state index >= 15 is 0 Å². The van der Waals surface area contributed by atoms with Gasteiger partial charge in [-0.05, 0) is 48.5 Å². The molecule has 5 nitrogen and oxygen atoms in total. The summed E-state index contributed by atoms with van der Waals surface area (Å²) < 4.78 is 6.67. The number of carbonyl (C=O) groups excluding carboxylic acids is 1. The first kappa shape index (κ1) is 16.5. The van der Waals surface area contributed by atoms with Gasteiger partial charge in [0.15, 0.2) is 0 Å². The first-order valence-electron chi connectivity index (χ1n) is 7.55. The van der Waals surface area contributed by atoms with Gasteiger partial charge in [0.05, 0.1) is 12.2 Å². The number of carbonyl (C=O) groups is 2. The topological polar surface area (TPSA) is 66.8 Å². The quantitative estimate of drug-likeness (QED) is 0.848. The molecule has 3 rings (SSSR count). The molecule has 1 fully saturated rings. The first-order chi connectivity index (χ1) is 11.5. The van der Waals surface area contributed by atoms with E-state index in [9.17, 15) is 9.59 Å². The Balaban J connectivity index is 1.58. The second-order valence-corrected chi connectivity index (χ2v) is 6.61. The smallest absolute Gasteiger partial charge is 0.335 e. The van der Waals surface area contributed by atoms with Crippen LogP contribution in [0.4, 0.5) is 5.69 Å². The van der Waals surface area contributed by atoms with Crippen LogP contribution in [0.25, 0.3) is 0 Å². The minimum atomic E-state index is -0.965. The third-order valence-corrected chi connectivity index (χ3v) is 4.46. The largest absolute Gasteiger partial charge is 0.493 e. The average molecular weight is 390 g/mol. The minimum Gasteiger partial charge on any atom is -0.493 e. The second kappa shape index (κ2) is 7.05. The number of hydrogen-bond acceptors (Lipinski definition) is 3. The lowest BCUT2D eigenvalue weighted by molar-refractivity contribution is -0.117. The number of nitrogens with zero attached hydrogens (tertiary/aromatic N) is 1. The van der Waals surface area contributed by atoms with Gasteiger partial charge in [-0.1, -0.05) is 15.9 Å². The molecule has 1 saturated heterocycles. The maximum absolute atomic E-state index is 12.2. The van der Waals surface area contributed by atoms with E-state index in [1.165, 1.54) is 12.1 Å². The van der Waals surface area contributed by atoms with Crippen LogP contribution in [-0.2, 0) is 4.79 Å². The fourth-order valence-electron chi connectivity index (χ4n) is 2.67. The number of rotatable bonds is 5. The lowest BCUT2D eigenvalue weighted by Crippen LogP contribution is -2.25. The number of carboxylic acid groups (broad SMARTS) is 1. The molecule has 24 heavy (non-hydrogen) atoms. The van der Waals surface area contributed by atoms with Gasteiger partial charge in [0.2, 0.25) is 5.91 Å². The number of anilines is 1. The van der Waals surface area contributed by atoms with Crippen molar-refractivity contribution >= 4 is 33.5 Å². The predicted molar refractivity (Wildman–Crippen MR) is 93.5 cm³/mol. The Bertz CT molecular complexity index is 743. The molecule has 1 heterocycles. The van der Waals surface area contributed by atoms with Gasteiger partial charge in [0.1, 0.15) is 5.75 Å². The fourth-order valence-corrected chi connectivity index (χ4v) is 2.94. The Morgan fingerprint density at radius 2 is 1.83 bits per heavy atom. The molecule has 1 aliphatic heterocycles. The molecule has 0 radical (unpaired) electrons. The van der Waals surface area contributed by atoms with Crippen LogP contribution in [0, 0.1) is 5.92 Å². The summed E-state index contributed by atoms with van der Waals surface area (Å²) in [6.07, 6.45) is 0.448. The van der Waals surface area contributed by atoms with Crippen LogP contribution in [0.15, 0.2) is 53.0 Å². The molecule has 1 unspecified atom stereocenters. The number of aromatic carboxylic acids is 1. The number of amides is 1. The van der Waals surface area contributed by atoms with E-state index in [2.05, 4.69) is 15.9 Å². The van der Waals surface area contributed by atoms with Crippen molar-refractivity contribution < 1.29 is 19.4 Å². The van der Waals surface area contributed by atoms with E-state index in [1.54, 1.807) is 17.0 Å². The van der Waals surface area contributed by atoms with Crippen LogP contribution in [0.1, 0.15) is 16.8 Å². The number of ether oxygens (including phenoxy) is 1. The van der Waals surface area contributed by atoms with Crippen LogP contribution in [0.2, 0.25) is 0 Å². The van der Waals surface area contributed by atoms with Crippen LogP contribution >= 0.6 is 15.9 Å². The summed E-state index contributed by atoms with van der Waals surface area (Å²) in [4.78, 5) is 24.8. The summed E-state index contributed by atoms with van der Waals surface area (Å²) in [5.41, 5.74) is 1.11. The summed E-state index contributed by atoms with van der Waals surface area (Å²) in [5.74, 6) is -0.157. The number of halogens is 1. The molecule has 1 atom stereocenters. The number of carboxylic acids is 1. The predicted octanol–water partition coefficient (Wildman–Crippen LogP) is 3.58. The molecule has 2 aromatic rings. The summed E-state index contributed by atoms with van der Waals surface area (Å²) in [5, 5.41) is 8.88. The average Bonchev–Trinajstić information content (AvgIpc) is 2.95. The third-order valence-electron chi connectivity index (χ3n) is 3.93. The molecule has 6 heteroatoms. The monoisotopic (exact) mass is 389 g/mol. The van der Waals surface area contributed by atoms with Crippen molar-refractivity contribution in [3.63, 3.8) is 0 Å². The van der Waals surface area contributed by atoms with E-state index in [4.69, 9.17) is 9.84 Å². The lowest BCUT2D eigenvalue weighted by atomic mass is 10.1. The maximum atomic E-state index is 12.2. The molecule has 0 aliphatic carbocycles. The van der Waals surface area contributed by atoms with Crippen molar-refractivity contribution in [2.24, 2.45) is 5.92 Å². The Morgan fingerprint density at radius 1 is 1.17 bits per heavy atom. The number of benzene rings is 2. The molecule has 0 aromatic heterocycles. The van der Waals surface area contributed by atoms with Gasteiger partial charge in [-0.2, -0.15) is 0 Å². The molecule has 1 aliphatic rings. The van der Waals surface area contributed by atoms with Gasteiger partial charge in [-0.3, -0.25) is 4.79 Å². The van der Waals surface area contributed by atoms with E-state index in [-0.39, 0.29) is 17.4 Å². The van der Waals surface area contributed by atoms with E-state index in [1.807, 2.05) is 24.3 Å². The zero-order valence-electron chi connectivity index (χ0n) is 12.8. The Kier molecular flexibility index (Phi) is 4.85. The fraction of sp³-hybridized carbons (Fsp3) is 0.222. The van der Waals surface area contributed by atoms with Crippen LogP contribution in [0.3, 0.4) is 0 Å². The minimum absolute atomic E-state index is 0.0900. The molecular weight excluding hydrogens is 374 g/mol. The summed E-state index contributed by atoms with van der Waals surface area (Å²) in [7, 11) is 0. The van der Waals surface area contributed by atoms with Crippen molar-refractivity contribution in [3.05, 3.63) is 58.6 Å². The van der Waals surface area contributed by atoms with Crippen molar-refractivity contribution in [1.29, 1.82) is 0 Å². The van der Waals surface area contributed by atoms with Crippen LogP contribution in [0.5, 0.6) is 5.75 Å². The molecule has 124 valence electrons. The zero-order valence-corrected chi connectivity index (χ0v) is 14.4. The Morgan fingerprint density at radius 3 is 2.46 bits per heavy atom. The summed E-state index contributed by atoms with van der Waals surface area (Å²) >= 11 is 3.39. The van der Waals surface area contributed by atoms with Crippen LogP contribution in [-0.4, -0.2) is 30.1 Å². The highest BCUT2D eigenvalue weighted by Crippen LogP contribution is 2.27. The lowest BCUT2D eigenvalue weighted by Gasteiger charge is -2.17. The number of hydrogen-bond donors (Lipinski definition) is 1. The van der Waals surface area contributed by atoms with Crippen molar-refractivity contribution in [3.8, 4) is 5.75 Å². The molecule has 0 bridgehead atoms. The molecule has 0 saturated carbocycles. The Labute approximate surface area is 148 Å². The summed E-state index contributed by atoms with van der Waals surface area (Å²) in [6.45, 7) is 1.04. The highest BCUT2D eigenvalue weighted by Gasteiger charge is 2.31. The van der Waals surface area contributed by atoms with Crippen molar-refractivity contribution in [1.82, 2.24) is 0 Å². The van der Waals surface area contributed by atoms with Gasteiger partial charge < -0.3 is 14.7 Å². The van der Waals surface area contributed by atoms with Gasteiger partial charge in [0, 0.05) is 29.0 Å². The van der Waals surface area contributed by atoms with E-state index < -0.39 is 5.97 Å². The van der Waals surface area contributed by atoms with Crippen LogP contribution < -0.4 is 9.64 Å². The molecule has 1 N–H and O–H groups in total.